The van der Waals surface area contributed by atoms with E-state index in [9.17, 15) is 4.79 Å². The second-order valence-electron chi connectivity index (χ2n) is 8.49. The van der Waals surface area contributed by atoms with Gasteiger partial charge in [-0.2, -0.15) is 0 Å². The molecule has 5 heteroatoms. The topological polar surface area (TPSA) is 37.7 Å². The van der Waals surface area contributed by atoms with Gasteiger partial charge in [0.15, 0.2) is 0 Å². The minimum atomic E-state index is 0.159. The Kier molecular flexibility index (Phi) is 4.63. The van der Waals surface area contributed by atoms with Crippen molar-refractivity contribution in [1.29, 1.82) is 0 Å². The maximum absolute atomic E-state index is 13.1. The molecule has 3 aliphatic rings. The van der Waals surface area contributed by atoms with Crippen LogP contribution in [0.2, 0.25) is 0 Å². The average molecular weight is 345 g/mol. The van der Waals surface area contributed by atoms with Crippen LogP contribution in [0.4, 0.5) is 0 Å². The van der Waals surface area contributed by atoms with Gasteiger partial charge in [-0.1, -0.05) is 0 Å². The van der Waals surface area contributed by atoms with Crippen LogP contribution in [0.25, 0.3) is 0 Å². The number of aromatic nitrogens is 1. The molecule has 1 aromatic rings. The van der Waals surface area contributed by atoms with Crippen LogP contribution in [0.15, 0.2) is 18.3 Å². The number of methoxy groups -OCH3 is 1. The second kappa shape index (κ2) is 6.76. The third kappa shape index (κ3) is 3.49. The number of aryl methyl sites for hydroxylation is 1. The standard InChI is InChI=1S/C20H31N3O2/c1-21-9-3-4-18(21)19(24)23-15-20(12-17(23)14-25-2)7-10-22(11-8-20)13-16-5-6-16/h3-4,9,16-17H,5-8,10-15H2,1-2H3. The predicted octanol–water partition coefficient (Wildman–Crippen LogP) is 2.38. The van der Waals surface area contributed by atoms with Crippen LogP contribution in [0, 0.1) is 11.3 Å². The van der Waals surface area contributed by atoms with Crippen molar-refractivity contribution in [3.05, 3.63) is 24.0 Å². The van der Waals surface area contributed by atoms with Crippen molar-refractivity contribution in [3.63, 3.8) is 0 Å². The third-order valence-corrected chi connectivity index (χ3v) is 6.53. The number of amides is 1. The van der Waals surface area contributed by atoms with E-state index >= 15 is 0 Å². The summed E-state index contributed by atoms with van der Waals surface area (Å²) < 4.78 is 7.38. The molecule has 25 heavy (non-hydrogen) atoms. The van der Waals surface area contributed by atoms with E-state index in [4.69, 9.17) is 4.74 Å². The monoisotopic (exact) mass is 345 g/mol. The number of hydrogen-bond donors (Lipinski definition) is 0. The predicted molar refractivity (Wildman–Crippen MR) is 97.6 cm³/mol. The maximum Gasteiger partial charge on any atom is 0.270 e. The van der Waals surface area contributed by atoms with Gasteiger partial charge in [0.05, 0.1) is 12.6 Å². The first-order valence-corrected chi connectivity index (χ1v) is 9.74. The molecule has 1 atom stereocenters. The van der Waals surface area contributed by atoms with Gasteiger partial charge in [-0.25, -0.2) is 0 Å². The number of carbonyl (C=O) groups is 1. The Hall–Kier alpha value is -1.33. The second-order valence-corrected chi connectivity index (χ2v) is 8.49. The van der Waals surface area contributed by atoms with Crippen molar-refractivity contribution >= 4 is 5.91 Å². The lowest BCUT2D eigenvalue weighted by atomic mass is 9.76. The zero-order valence-electron chi connectivity index (χ0n) is 15.6. The Morgan fingerprint density at radius 2 is 2.08 bits per heavy atom. The molecule has 1 spiro atoms. The number of nitrogens with zero attached hydrogens (tertiary/aromatic N) is 3. The molecule has 1 aromatic heterocycles. The van der Waals surface area contributed by atoms with E-state index in [-0.39, 0.29) is 11.9 Å². The van der Waals surface area contributed by atoms with E-state index in [1.165, 1.54) is 45.3 Å². The summed E-state index contributed by atoms with van der Waals surface area (Å²) in [5.74, 6) is 1.13. The first-order chi connectivity index (χ1) is 12.1. The molecule has 1 unspecified atom stereocenters. The normalized spacial score (nSPS) is 26.5. The Bertz CT molecular complexity index is 614. The van der Waals surface area contributed by atoms with Gasteiger partial charge in [0.25, 0.3) is 5.91 Å². The highest BCUT2D eigenvalue weighted by Crippen LogP contribution is 2.44. The lowest BCUT2D eigenvalue weighted by Gasteiger charge is -2.39. The highest BCUT2D eigenvalue weighted by Gasteiger charge is 2.47. The fourth-order valence-electron chi connectivity index (χ4n) is 4.81. The van der Waals surface area contributed by atoms with E-state index in [0.29, 0.717) is 12.0 Å². The molecule has 4 rings (SSSR count). The van der Waals surface area contributed by atoms with Crippen molar-refractivity contribution in [2.24, 2.45) is 18.4 Å². The smallest absolute Gasteiger partial charge is 0.270 e. The Balaban J connectivity index is 1.45. The molecule has 0 bridgehead atoms. The van der Waals surface area contributed by atoms with Gasteiger partial charge in [-0.15, -0.1) is 0 Å². The number of piperidine rings is 1. The van der Waals surface area contributed by atoms with Crippen LogP contribution in [-0.4, -0.2) is 66.2 Å². The van der Waals surface area contributed by atoms with Crippen molar-refractivity contribution in [3.8, 4) is 0 Å². The summed E-state index contributed by atoms with van der Waals surface area (Å²) in [6.45, 7) is 5.22. The van der Waals surface area contributed by atoms with Crippen molar-refractivity contribution in [2.75, 3.05) is 39.9 Å². The molecule has 5 nitrogen and oxygen atoms in total. The highest BCUT2D eigenvalue weighted by atomic mass is 16.5. The largest absolute Gasteiger partial charge is 0.383 e. The molecule has 2 saturated heterocycles. The van der Waals surface area contributed by atoms with Crippen molar-refractivity contribution in [2.45, 2.75) is 38.1 Å². The molecule has 0 aromatic carbocycles. The lowest BCUT2D eigenvalue weighted by Crippen LogP contribution is -2.43. The number of carbonyl (C=O) groups excluding carboxylic acids is 1. The molecule has 0 radical (unpaired) electrons. The van der Waals surface area contributed by atoms with Gasteiger partial charge in [0, 0.05) is 33.4 Å². The summed E-state index contributed by atoms with van der Waals surface area (Å²) in [6, 6.07) is 4.08. The van der Waals surface area contributed by atoms with Crippen LogP contribution in [0.1, 0.15) is 42.6 Å². The third-order valence-electron chi connectivity index (χ3n) is 6.53. The quantitative estimate of drug-likeness (QED) is 0.822. The van der Waals surface area contributed by atoms with E-state index in [2.05, 4.69) is 9.80 Å². The number of rotatable bonds is 5. The summed E-state index contributed by atoms with van der Waals surface area (Å²) in [7, 11) is 3.69. The van der Waals surface area contributed by atoms with Gasteiger partial charge in [0.1, 0.15) is 5.69 Å². The van der Waals surface area contributed by atoms with E-state index in [1.54, 1.807) is 7.11 Å². The van der Waals surface area contributed by atoms with Crippen LogP contribution in [0.3, 0.4) is 0 Å². The lowest BCUT2D eigenvalue weighted by molar-refractivity contribution is 0.0601. The van der Waals surface area contributed by atoms with Gasteiger partial charge in [-0.05, 0) is 68.7 Å². The minimum absolute atomic E-state index is 0.159. The van der Waals surface area contributed by atoms with Crippen LogP contribution >= 0.6 is 0 Å². The molecular formula is C20H31N3O2. The van der Waals surface area contributed by atoms with Gasteiger partial charge in [-0.3, -0.25) is 4.79 Å². The molecule has 1 aliphatic carbocycles. The Labute approximate surface area is 150 Å². The Morgan fingerprint density at radius 3 is 2.68 bits per heavy atom. The highest BCUT2D eigenvalue weighted by molar-refractivity contribution is 5.93. The van der Waals surface area contributed by atoms with Crippen molar-refractivity contribution in [1.82, 2.24) is 14.4 Å². The fraction of sp³-hybridized carbons (Fsp3) is 0.750. The molecule has 2 aliphatic heterocycles. The van der Waals surface area contributed by atoms with Crippen LogP contribution in [0.5, 0.6) is 0 Å². The molecular weight excluding hydrogens is 314 g/mol. The van der Waals surface area contributed by atoms with E-state index in [0.717, 1.165) is 24.6 Å². The van der Waals surface area contributed by atoms with Crippen molar-refractivity contribution < 1.29 is 9.53 Å². The van der Waals surface area contributed by atoms with Gasteiger partial charge in [0.2, 0.25) is 0 Å². The zero-order chi connectivity index (χ0) is 17.4. The van der Waals surface area contributed by atoms with E-state index in [1.807, 2.05) is 29.9 Å². The Morgan fingerprint density at radius 1 is 1.32 bits per heavy atom. The summed E-state index contributed by atoms with van der Waals surface area (Å²) in [6.07, 6.45) is 8.33. The average Bonchev–Trinajstić information content (AvgIpc) is 3.21. The molecule has 138 valence electrons. The maximum atomic E-state index is 13.1. The summed E-state index contributed by atoms with van der Waals surface area (Å²) in [4.78, 5) is 17.8. The van der Waals surface area contributed by atoms with Gasteiger partial charge >= 0.3 is 0 Å². The first kappa shape index (κ1) is 17.1. The SMILES string of the molecule is COCC1CC2(CCN(CC3CC3)CC2)CN1C(=O)c1cccn1C. The fourth-order valence-corrected chi connectivity index (χ4v) is 4.81. The summed E-state index contributed by atoms with van der Waals surface area (Å²) in [5.41, 5.74) is 1.08. The number of likely N-dealkylation sites (tertiary alicyclic amines) is 2. The minimum Gasteiger partial charge on any atom is -0.383 e. The molecule has 1 amide bonds. The zero-order valence-corrected chi connectivity index (χ0v) is 15.6. The summed E-state index contributed by atoms with van der Waals surface area (Å²) >= 11 is 0. The van der Waals surface area contributed by atoms with Crippen LogP contribution in [-0.2, 0) is 11.8 Å². The van der Waals surface area contributed by atoms with Crippen LogP contribution < -0.4 is 0 Å². The van der Waals surface area contributed by atoms with Gasteiger partial charge < -0.3 is 19.1 Å². The number of ether oxygens (including phenoxy) is 1. The molecule has 3 heterocycles. The molecule has 3 fully saturated rings. The molecule has 1 saturated carbocycles. The van der Waals surface area contributed by atoms with E-state index < -0.39 is 0 Å². The number of hydrogen-bond acceptors (Lipinski definition) is 3. The summed E-state index contributed by atoms with van der Waals surface area (Å²) in [5, 5.41) is 0. The first-order valence-electron chi connectivity index (χ1n) is 9.74. The molecule has 0 N–H and O–H groups in total.